The Labute approximate surface area is 127 Å². The van der Waals surface area contributed by atoms with Gasteiger partial charge in [0.1, 0.15) is 0 Å². The second-order valence-corrected chi connectivity index (χ2v) is 6.91. The first-order chi connectivity index (χ1) is 9.56. The summed E-state index contributed by atoms with van der Waals surface area (Å²) in [5.41, 5.74) is 5.26. The number of hydrogen-bond acceptors (Lipinski definition) is 3. The zero-order chi connectivity index (χ0) is 14.5. The SMILES string of the molecule is NC(=O)C[C@H]1CCCCN1C(=O)CCc1ccc(Cl)s1. The van der Waals surface area contributed by atoms with Crippen molar-refractivity contribution in [1.29, 1.82) is 0 Å². The minimum atomic E-state index is -0.334. The first-order valence-corrected chi connectivity index (χ1v) is 8.07. The molecule has 1 atom stereocenters. The smallest absolute Gasteiger partial charge is 0.223 e. The quantitative estimate of drug-likeness (QED) is 0.908. The maximum Gasteiger partial charge on any atom is 0.223 e. The topological polar surface area (TPSA) is 63.4 Å². The highest BCUT2D eigenvalue weighted by Gasteiger charge is 2.27. The van der Waals surface area contributed by atoms with Crippen molar-refractivity contribution in [3.05, 3.63) is 21.3 Å². The zero-order valence-corrected chi connectivity index (χ0v) is 12.9. The van der Waals surface area contributed by atoms with Crippen LogP contribution in [0.15, 0.2) is 12.1 Å². The van der Waals surface area contributed by atoms with Crippen LogP contribution >= 0.6 is 22.9 Å². The highest BCUT2D eigenvalue weighted by Crippen LogP contribution is 2.24. The van der Waals surface area contributed by atoms with Crippen LogP contribution in [0.1, 0.15) is 37.0 Å². The molecule has 2 amide bonds. The largest absolute Gasteiger partial charge is 0.370 e. The van der Waals surface area contributed by atoms with Gasteiger partial charge in [0.05, 0.1) is 4.34 Å². The molecule has 4 nitrogen and oxygen atoms in total. The number of nitrogens with two attached hydrogens (primary N) is 1. The van der Waals surface area contributed by atoms with Gasteiger partial charge < -0.3 is 10.6 Å². The summed E-state index contributed by atoms with van der Waals surface area (Å²) in [5.74, 6) is -0.222. The number of amides is 2. The van der Waals surface area contributed by atoms with E-state index in [-0.39, 0.29) is 24.3 Å². The summed E-state index contributed by atoms with van der Waals surface area (Å²) in [6.07, 6.45) is 4.38. The van der Waals surface area contributed by atoms with E-state index in [0.29, 0.717) is 12.8 Å². The predicted octanol–water partition coefficient (Wildman–Crippen LogP) is 2.59. The molecule has 2 rings (SSSR count). The lowest BCUT2D eigenvalue weighted by molar-refractivity contribution is -0.135. The summed E-state index contributed by atoms with van der Waals surface area (Å²) in [7, 11) is 0. The molecule has 1 aliphatic heterocycles. The van der Waals surface area contributed by atoms with E-state index in [0.717, 1.165) is 35.0 Å². The van der Waals surface area contributed by atoms with Gasteiger partial charge in [0.2, 0.25) is 11.8 Å². The number of nitrogens with zero attached hydrogens (tertiary/aromatic N) is 1. The number of rotatable bonds is 5. The summed E-state index contributed by atoms with van der Waals surface area (Å²) in [4.78, 5) is 26.4. The number of hydrogen-bond donors (Lipinski definition) is 1. The third-order valence-electron chi connectivity index (χ3n) is 3.60. The zero-order valence-electron chi connectivity index (χ0n) is 11.3. The Morgan fingerprint density at radius 2 is 2.20 bits per heavy atom. The van der Waals surface area contributed by atoms with Gasteiger partial charge in [0.15, 0.2) is 0 Å². The molecule has 1 aromatic rings. The second-order valence-electron chi connectivity index (χ2n) is 5.11. The second kappa shape index (κ2) is 7.09. The number of carbonyl (C=O) groups is 2. The van der Waals surface area contributed by atoms with E-state index in [1.807, 2.05) is 17.0 Å². The highest BCUT2D eigenvalue weighted by atomic mass is 35.5. The normalized spacial score (nSPS) is 19.1. The van der Waals surface area contributed by atoms with Crippen molar-refractivity contribution in [3.8, 4) is 0 Å². The van der Waals surface area contributed by atoms with Gasteiger partial charge in [0, 0.05) is 30.3 Å². The molecule has 1 aromatic heterocycles. The molecule has 2 N–H and O–H groups in total. The Bertz CT molecular complexity index is 489. The first kappa shape index (κ1) is 15.3. The molecule has 6 heteroatoms. The number of likely N-dealkylation sites (tertiary alicyclic amines) is 1. The minimum Gasteiger partial charge on any atom is -0.370 e. The fraction of sp³-hybridized carbons (Fsp3) is 0.571. The molecule has 0 bridgehead atoms. The van der Waals surface area contributed by atoms with E-state index in [1.54, 1.807) is 0 Å². The van der Waals surface area contributed by atoms with Crippen molar-refractivity contribution >= 4 is 34.8 Å². The molecule has 0 aliphatic carbocycles. The lowest BCUT2D eigenvalue weighted by Gasteiger charge is -2.35. The average Bonchev–Trinajstić information content (AvgIpc) is 2.82. The number of piperidine rings is 1. The van der Waals surface area contributed by atoms with Crippen LogP contribution in [0, 0.1) is 0 Å². The summed E-state index contributed by atoms with van der Waals surface area (Å²) >= 11 is 7.39. The van der Waals surface area contributed by atoms with Gasteiger partial charge >= 0.3 is 0 Å². The molecule has 1 aliphatic rings. The molecule has 1 fully saturated rings. The molecule has 20 heavy (non-hydrogen) atoms. The Morgan fingerprint density at radius 3 is 2.85 bits per heavy atom. The van der Waals surface area contributed by atoms with Gasteiger partial charge in [-0.15, -0.1) is 11.3 Å². The molecule has 0 radical (unpaired) electrons. The molecule has 110 valence electrons. The predicted molar refractivity (Wildman–Crippen MR) is 80.8 cm³/mol. The van der Waals surface area contributed by atoms with Crippen LogP contribution in [0.3, 0.4) is 0 Å². The van der Waals surface area contributed by atoms with Crippen molar-refractivity contribution in [3.63, 3.8) is 0 Å². The van der Waals surface area contributed by atoms with Crippen molar-refractivity contribution < 1.29 is 9.59 Å². The van der Waals surface area contributed by atoms with Gasteiger partial charge in [-0.3, -0.25) is 9.59 Å². The van der Waals surface area contributed by atoms with Crippen molar-refractivity contribution in [2.45, 2.75) is 44.6 Å². The van der Waals surface area contributed by atoms with E-state index < -0.39 is 0 Å². The molecule has 0 spiro atoms. The summed E-state index contributed by atoms with van der Waals surface area (Å²) in [5, 5.41) is 0. The van der Waals surface area contributed by atoms with Crippen LogP contribution in [-0.4, -0.2) is 29.3 Å². The van der Waals surface area contributed by atoms with Crippen LogP contribution in [-0.2, 0) is 16.0 Å². The number of primary amides is 1. The molecule has 0 unspecified atom stereocenters. The standard InChI is InChI=1S/C14H19ClN2O2S/c15-12-6-4-11(20-12)5-7-14(19)17-8-2-1-3-10(17)9-13(16)18/h4,6,10H,1-3,5,7-9H2,(H2,16,18)/t10-/m1/s1. The first-order valence-electron chi connectivity index (χ1n) is 6.88. The number of halogens is 1. The van der Waals surface area contributed by atoms with E-state index in [1.165, 1.54) is 11.3 Å². The van der Waals surface area contributed by atoms with E-state index in [4.69, 9.17) is 17.3 Å². The van der Waals surface area contributed by atoms with Gasteiger partial charge in [0.25, 0.3) is 0 Å². The van der Waals surface area contributed by atoms with Crippen LogP contribution in [0.5, 0.6) is 0 Å². The fourth-order valence-corrected chi connectivity index (χ4v) is 3.72. The Morgan fingerprint density at radius 1 is 1.40 bits per heavy atom. The van der Waals surface area contributed by atoms with Crippen LogP contribution < -0.4 is 5.73 Å². The third kappa shape index (κ3) is 4.21. The van der Waals surface area contributed by atoms with E-state index in [9.17, 15) is 9.59 Å². The summed E-state index contributed by atoms with van der Waals surface area (Å²) in [6.45, 7) is 0.738. The van der Waals surface area contributed by atoms with Crippen LogP contribution in [0.2, 0.25) is 4.34 Å². The highest BCUT2D eigenvalue weighted by molar-refractivity contribution is 7.16. The van der Waals surface area contributed by atoms with E-state index in [2.05, 4.69) is 0 Å². The van der Waals surface area contributed by atoms with Crippen molar-refractivity contribution in [1.82, 2.24) is 4.90 Å². The summed E-state index contributed by atoms with van der Waals surface area (Å²) < 4.78 is 0.747. The van der Waals surface area contributed by atoms with Gasteiger partial charge in [-0.2, -0.15) is 0 Å². The Kier molecular flexibility index (Phi) is 5.43. The van der Waals surface area contributed by atoms with Crippen LogP contribution in [0.4, 0.5) is 0 Å². The van der Waals surface area contributed by atoms with Gasteiger partial charge in [-0.05, 0) is 37.8 Å². The minimum absolute atomic E-state index is 0.0133. The maximum atomic E-state index is 12.3. The monoisotopic (exact) mass is 314 g/mol. The molecule has 2 heterocycles. The molecule has 0 saturated carbocycles. The lowest BCUT2D eigenvalue weighted by Crippen LogP contribution is -2.45. The van der Waals surface area contributed by atoms with Crippen LogP contribution in [0.25, 0.3) is 0 Å². The fourth-order valence-electron chi connectivity index (χ4n) is 2.63. The molecule has 0 aromatic carbocycles. The lowest BCUT2D eigenvalue weighted by atomic mass is 9.98. The molecular weight excluding hydrogens is 296 g/mol. The number of carbonyl (C=O) groups excluding carboxylic acids is 2. The third-order valence-corrected chi connectivity index (χ3v) is 4.89. The number of aryl methyl sites for hydroxylation is 1. The number of thiophene rings is 1. The summed E-state index contributed by atoms with van der Waals surface area (Å²) in [6, 6.07) is 3.79. The molecular formula is C14H19ClN2O2S. The average molecular weight is 315 g/mol. The van der Waals surface area contributed by atoms with Gasteiger partial charge in [-0.25, -0.2) is 0 Å². The Balaban J connectivity index is 1.90. The van der Waals surface area contributed by atoms with Gasteiger partial charge in [-0.1, -0.05) is 11.6 Å². The van der Waals surface area contributed by atoms with Crippen molar-refractivity contribution in [2.24, 2.45) is 5.73 Å². The maximum absolute atomic E-state index is 12.3. The van der Waals surface area contributed by atoms with Crippen molar-refractivity contribution in [2.75, 3.05) is 6.54 Å². The van der Waals surface area contributed by atoms with E-state index >= 15 is 0 Å². The molecule has 1 saturated heterocycles. The Hall–Kier alpha value is -1.07.